The summed E-state index contributed by atoms with van der Waals surface area (Å²) in [7, 11) is 0. The van der Waals surface area contributed by atoms with Gasteiger partial charge in [0, 0.05) is 42.3 Å². The number of nitrogens with zero attached hydrogens (tertiary/aromatic N) is 2. The van der Waals surface area contributed by atoms with Crippen LogP contribution < -0.4 is 5.32 Å². The van der Waals surface area contributed by atoms with Crippen LogP contribution in [0.3, 0.4) is 0 Å². The second-order valence-corrected chi connectivity index (χ2v) is 7.59. The fourth-order valence-electron chi connectivity index (χ4n) is 3.50. The van der Waals surface area contributed by atoms with E-state index in [1.807, 2.05) is 0 Å². The minimum Gasteiger partial charge on any atom is -0.378 e. The van der Waals surface area contributed by atoms with Crippen LogP contribution in [0.2, 0.25) is 0 Å². The number of pyridine rings is 1. The lowest BCUT2D eigenvalue weighted by molar-refractivity contribution is -0.139. The van der Waals surface area contributed by atoms with Crippen molar-refractivity contribution in [3.05, 3.63) is 83.4 Å². The van der Waals surface area contributed by atoms with E-state index < -0.39 is 23.5 Å². The van der Waals surface area contributed by atoms with Crippen molar-refractivity contribution in [3.8, 4) is 11.1 Å². The molecule has 176 valence electrons. The van der Waals surface area contributed by atoms with Crippen LogP contribution in [0.15, 0.2) is 60.9 Å². The largest absolute Gasteiger partial charge is 0.419 e. The molecule has 1 aliphatic rings. The number of halogens is 4. The van der Waals surface area contributed by atoms with Gasteiger partial charge in [0.05, 0.1) is 24.3 Å². The van der Waals surface area contributed by atoms with Gasteiger partial charge in [-0.25, -0.2) is 4.39 Å². The lowest BCUT2D eigenvalue weighted by atomic mass is 10.0. The maximum atomic E-state index is 13.5. The Morgan fingerprint density at radius 1 is 0.912 bits per heavy atom. The normalized spacial score (nSPS) is 14.1. The van der Waals surface area contributed by atoms with E-state index in [1.165, 1.54) is 18.5 Å². The van der Waals surface area contributed by atoms with Crippen molar-refractivity contribution < 1.29 is 31.9 Å². The highest BCUT2D eigenvalue weighted by Crippen LogP contribution is 2.33. The third-order valence-corrected chi connectivity index (χ3v) is 5.29. The van der Waals surface area contributed by atoms with Crippen molar-refractivity contribution in [2.24, 2.45) is 0 Å². The first kappa shape index (κ1) is 23.4. The quantitative estimate of drug-likeness (QED) is 0.561. The fourth-order valence-corrected chi connectivity index (χ4v) is 3.50. The van der Waals surface area contributed by atoms with Crippen LogP contribution in [0.25, 0.3) is 11.1 Å². The molecule has 1 aliphatic heterocycles. The van der Waals surface area contributed by atoms with E-state index in [4.69, 9.17) is 4.74 Å². The molecule has 2 heterocycles. The Hall–Kier alpha value is -3.79. The van der Waals surface area contributed by atoms with Gasteiger partial charge in [0.2, 0.25) is 0 Å². The summed E-state index contributed by atoms with van der Waals surface area (Å²) in [6.07, 6.45) is -2.10. The lowest BCUT2D eigenvalue weighted by Gasteiger charge is -2.26. The van der Waals surface area contributed by atoms with Crippen LogP contribution in [-0.4, -0.2) is 48.0 Å². The molecule has 0 atom stereocenters. The van der Waals surface area contributed by atoms with Gasteiger partial charge in [-0.15, -0.1) is 0 Å². The summed E-state index contributed by atoms with van der Waals surface area (Å²) in [6.45, 7) is 2.06. The van der Waals surface area contributed by atoms with Crippen LogP contribution in [0.4, 0.5) is 23.2 Å². The minimum atomic E-state index is -4.89. The zero-order chi connectivity index (χ0) is 24.3. The first-order valence-corrected chi connectivity index (χ1v) is 10.3. The summed E-state index contributed by atoms with van der Waals surface area (Å²) in [6, 6.07) is 10.6. The predicted octanol–water partition coefficient (Wildman–Crippen LogP) is 4.63. The predicted molar refractivity (Wildman–Crippen MR) is 116 cm³/mol. The van der Waals surface area contributed by atoms with Gasteiger partial charge in [-0.1, -0.05) is 12.1 Å². The molecule has 1 N–H and O–H groups in total. The molecule has 0 radical (unpaired) electrons. The molecular weight excluding hydrogens is 454 g/mol. The molecule has 3 aromatic rings. The van der Waals surface area contributed by atoms with Gasteiger partial charge in [0.25, 0.3) is 11.8 Å². The van der Waals surface area contributed by atoms with Crippen LogP contribution in [0, 0.1) is 5.82 Å². The molecule has 6 nitrogen and oxygen atoms in total. The molecule has 1 aromatic heterocycles. The molecule has 2 amide bonds. The number of aromatic nitrogens is 1. The van der Waals surface area contributed by atoms with Gasteiger partial charge in [-0.05, 0) is 42.0 Å². The molecule has 0 aliphatic carbocycles. The Bertz CT molecular complexity index is 1210. The number of hydrogen-bond acceptors (Lipinski definition) is 4. The van der Waals surface area contributed by atoms with E-state index in [1.54, 1.807) is 29.2 Å². The van der Waals surface area contributed by atoms with Crippen molar-refractivity contribution in [3.63, 3.8) is 0 Å². The number of hydrogen-bond donors (Lipinski definition) is 1. The average molecular weight is 473 g/mol. The van der Waals surface area contributed by atoms with E-state index in [-0.39, 0.29) is 17.2 Å². The fraction of sp³-hybridized carbons (Fsp3) is 0.208. The van der Waals surface area contributed by atoms with Crippen LogP contribution >= 0.6 is 0 Å². The molecule has 2 aromatic carbocycles. The molecule has 4 rings (SSSR count). The van der Waals surface area contributed by atoms with E-state index in [2.05, 4.69) is 10.3 Å². The summed E-state index contributed by atoms with van der Waals surface area (Å²) in [5.74, 6) is -2.23. The Morgan fingerprint density at radius 2 is 1.62 bits per heavy atom. The maximum Gasteiger partial charge on any atom is 0.419 e. The number of amides is 2. The van der Waals surface area contributed by atoms with Crippen molar-refractivity contribution in [2.75, 3.05) is 31.6 Å². The molecule has 0 bridgehead atoms. The Kier molecular flexibility index (Phi) is 6.60. The number of rotatable bonds is 4. The number of carbonyl (C=O) groups excluding carboxylic acids is 2. The number of alkyl halides is 3. The topological polar surface area (TPSA) is 71.5 Å². The summed E-state index contributed by atoms with van der Waals surface area (Å²) in [5.41, 5.74) is 0.224. The highest BCUT2D eigenvalue weighted by Gasteiger charge is 2.34. The number of ether oxygens (including phenoxy) is 1. The van der Waals surface area contributed by atoms with Crippen molar-refractivity contribution in [2.45, 2.75) is 6.18 Å². The summed E-state index contributed by atoms with van der Waals surface area (Å²) >= 11 is 0. The van der Waals surface area contributed by atoms with Gasteiger partial charge < -0.3 is 15.0 Å². The summed E-state index contributed by atoms with van der Waals surface area (Å²) < 4.78 is 57.5. The van der Waals surface area contributed by atoms with Crippen molar-refractivity contribution in [1.29, 1.82) is 0 Å². The number of carbonyl (C=O) groups is 2. The number of nitrogens with one attached hydrogen (secondary N) is 1. The Labute approximate surface area is 192 Å². The highest BCUT2D eigenvalue weighted by atomic mass is 19.4. The molecule has 10 heteroatoms. The monoisotopic (exact) mass is 473 g/mol. The highest BCUT2D eigenvalue weighted by molar-refractivity contribution is 6.04. The molecule has 0 unspecified atom stereocenters. The van der Waals surface area contributed by atoms with Gasteiger partial charge in [0.15, 0.2) is 0 Å². The zero-order valence-electron chi connectivity index (χ0n) is 17.7. The van der Waals surface area contributed by atoms with Gasteiger partial charge in [0.1, 0.15) is 5.82 Å². The molecular formula is C24H19F4N3O3. The van der Waals surface area contributed by atoms with E-state index in [9.17, 15) is 27.2 Å². The zero-order valence-corrected chi connectivity index (χ0v) is 17.7. The van der Waals surface area contributed by atoms with Gasteiger partial charge in [-0.3, -0.25) is 14.6 Å². The minimum absolute atomic E-state index is 0.0985. The summed E-state index contributed by atoms with van der Waals surface area (Å²) in [5, 5.41) is 2.33. The number of anilines is 1. The maximum absolute atomic E-state index is 13.5. The SMILES string of the molecule is O=C(Nc1ccc(F)c(C(F)(F)F)c1)c1cncc(-c2ccc(C(=O)N3CCOCC3)cc2)c1. The number of morpholine rings is 1. The molecule has 0 spiro atoms. The van der Waals surface area contributed by atoms with Crippen molar-refractivity contribution >= 4 is 17.5 Å². The third kappa shape index (κ3) is 5.23. The van der Waals surface area contributed by atoms with Crippen molar-refractivity contribution in [1.82, 2.24) is 9.88 Å². The van der Waals surface area contributed by atoms with E-state index >= 15 is 0 Å². The second kappa shape index (κ2) is 9.60. The van der Waals surface area contributed by atoms with Crippen LogP contribution in [-0.2, 0) is 10.9 Å². The second-order valence-electron chi connectivity index (χ2n) is 7.59. The lowest BCUT2D eigenvalue weighted by Crippen LogP contribution is -2.40. The standard InChI is InChI=1S/C24H19F4N3O3/c25-21-6-5-19(12-20(21)24(26,27)28)30-22(32)18-11-17(13-29-14-18)15-1-3-16(4-2-15)23(33)31-7-9-34-10-8-31/h1-6,11-14H,7-10H2,(H,30,32). The first-order valence-electron chi connectivity index (χ1n) is 10.3. The Morgan fingerprint density at radius 3 is 2.29 bits per heavy atom. The number of benzene rings is 2. The van der Waals surface area contributed by atoms with Gasteiger partial charge >= 0.3 is 6.18 Å². The molecule has 1 saturated heterocycles. The molecule has 34 heavy (non-hydrogen) atoms. The van der Waals surface area contributed by atoms with E-state index in [0.29, 0.717) is 55.1 Å². The van der Waals surface area contributed by atoms with Gasteiger partial charge in [-0.2, -0.15) is 13.2 Å². The average Bonchev–Trinajstić information content (AvgIpc) is 2.85. The summed E-state index contributed by atoms with van der Waals surface area (Å²) in [4.78, 5) is 30.9. The third-order valence-electron chi connectivity index (χ3n) is 5.29. The molecule has 1 fully saturated rings. The van der Waals surface area contributed by atoms with Crippen LogP contribution in [0.5, 0.6) is 0 Å². The smallest absolute Gasteiger partial charge is 0.378 e. The first-order chi connectivity index (χ1) is 16.2. The van der Waals surface area contributed by atoms with E-state index in [0.717, 1.165) is 6.07 Å². The molecule has 0 saturated carbocycles. The Balaban J connectivity index is 1.50. The van der Waals surface area contributed by atoms with Crippen LogP contribution in [0.1, 0.15) is 26.3 Å².